The molecule has 2 aromatic rings. The summed E-state index contributed by atoms with van der Waals surface area (Å²) >= 11 is 0. The molecule has 1 aliphatic carbocycles. The summed E-state index contributed by atoms with van der Waals surface area (Å²) in [6.07, 6.45) is 2.11. The number of nitrogens with one attached hydrogen (secondary N) is 3. The maximum Gasteiger partial charge on any atom is 0.227 e. The molecule has 29 heavy (non-hydrogen) atoms. The van der Waals surface area contributed by atoms with E-state index < -0.39 is 0 Å². The van der Waals surface area contributed by atoms with Crippen molar-refractivity contribution in [1.29, 1.82) is 0 Å². The van der Waals surface area contributed by atoms with Gasteiger partial charge in [0.2, 0.25) is 17.7 Å². The highest BCUT2D eigenvalue weighted by Gasteiger charge is 2.29. The number of hydrogen-bond acceptors (Lipinski definition) is 3. The Kier molecular flexibility index (Phi) is 6.65. The monoisotopic (exact) mass is 393 g/mol. The smallest absolute Gasteiger partial charge is 0.227 e. The molecule has 2 aromatic carbocycles. The number of carbonyl (C=O) groups excluding carboxylic acids is 3. The van der Waals surface area contributed by atoms with Crippen LogP contribution in [0, 0.1) is 12.8 Å². The minimum atomic E-state index is -0.367. The molecular weight excluding hydrogens is 366 g/mol. The summed E-state index contributed by atoms with van der Waals surface area (Å²) in [6, 6.07) is 14.9. The van der Waals surface area contributed by atoms with Crippen LogP contribution in [0.15, 0.2) is 48.5 Å². The van der Waals surface area contributed by atoms with Crippen molar-refractivity contribution in [1.82, 2.24) is 10.6 Å². The zero-order chi connectivity index (χ0) is 20.8. The lowest BCUT2D eigenvalue weighted by atomic mass is 10.0. The first kappa shape index (κ1) is 20.6. The highest BCUT2D eigenvalue weighted by Crippen LogP contribution is 2.30. The van der Waals surface area contributed by atoms with Crippen molar-refractivity contribution in [3.63, 3.8) is 0 Å². The Labute approximate surface area is 171 Å². The second-order valence-electron chi connectivity index (χ2n) is 7.61. The molecule has 0 aliphatic heterocycles. The van der Waals surface area contributed by atoms with Crippen molar-refractivity contribution in [2.75, 3.05) is 5.32 Å². The van der Waals surface area contributed by atoms with Crippen molar-refractivity contribution in [2.24, 2.45) is 5.92 Å². The van der Waals surface area contributed by atoms with Gasteiger partial charge in [0.25, 0.3) is 0 Å². The van der Waals surface area contributed by atoms with Crippen LogP contribution in [0.4, 0.5) is 5.69 Å². The molecule has 1 atom stereocenters. The molecule has 6 heteroatoms. The van der Waals surface area contributed by atoms with Crippen LogP contribution in [0.3, 0.4) is 0 Å². The maximum atomic E-state index is 12.4. The van der Waals surface area contributed by atoms with Gasteiger partial charge in [0.15, 0.2) is 0 Å². The van der Waals surface area contributed by atoms with E-state index in [1.807, 2.05) is 55.5 Å². The highest BCUT2D eigenvalue weighted by atomic mass is 16.2. The number of benzene rings is 2. The van der Waals surface area contributed by atoms with Gasteiger partial charge in [-0.1, -0.05) is 42.0 Å². The molecule has 3 amide bonds. The van der Waals surface area contributed by atoms with Crippen LogP contribution in [-0.2, 0) is 20.9 Å². The summed E-state index contributed by atoms with van der Waals surface area (Å²) in [4.78, 5) is 35.8. The molecule has 1 unspecified atom stereocenters. The molecule has 0 aromatic heterocycles. The fourth-order valence-corrected chi connectivity index (χ4v) is 3.05. The van der Waals surface area contributed by atoms with Gasteiger partial charge in [0.05, 0.1) is 12.5 Å². The van der Waals surface area contributed by atoms with E-state index in [-0.39, 0.29) is 36.1 Å². The SMILES string of the molecule is CC(=O)NC(CC(=O)NCc1ccc(NC(=O)C2CC2)cc1)c1ccc(C)cc1. The number of carbonyl (C=O) groups is 3. The average Bonchev–Trinajstić information content (AvgIpc) is 3.52. The van der Waals surface area contributed by atoms with E-state index in [2.05, 4.69) is 16.0 Å². The molecule has 0 saturated heterocycles. The van der Waals surface area contributed by atoms with Gasteiger partial charge in [0.1, 0.15) is 0 Å². The van der Waals surface area contributed by atoms with Crippen LogP contribution >= 0.6 is 0 Å². The third kappa shape index (κ3) is 6.45. The van der Waals surface area contributed by atoms with Gasteiger partial charge in [-0.15, -0.1) is 0 Å². The standard InChI is InChI=1S/C23H27N3O3/c1-15-3-7-18(8-4-15)21(25-16(2)27)13-22(28)24-14-17-5-11-20(12-6-17)26-23(29)19-9-10-19/h3-8,11-12,19,21H,9-10,13-14H2,1-2H3,(H,24,28)(H,25,27)(H,26,29). The Morgan fingerprint density at radius 1 is 1.00 bits per heavy atom. The van der Waals surface area contributed by atoms with Crippen LogP contribution in [-0.4, -0.2) is 17.7 Å². The largest absolute Gasteiger partial charge is 0.352 e. The van der Waals surface area contributed by atoms with Crippen LogP contribution in [0.5, 0.6) is 0 Å². The van der Waals surface area contributed by atoms with E-state index in [0.717, 1.165) is 35.2 Å². The molecule has 1 aliphatic rings. The summed E-state index contributed by atoms with van der Waals surface area (Å²) in [5.74, 6) is -0.0760. The van der Waals surface area contributed by atoms with Gasteiger partial charge in [-0.3, -0.25) is 14.4 Å². The molecule has 0 spiro atoms. The van der Waals surface area contributed by atoms with Gasteiger partial charge < -0.3 is 16.0 Å². The molecule has 0 bridgehead atoms. The van der Waals surface area contributed by atoms with E-state index in [0.29, 0.717) is 6.54 Å². The Morgan fingerprint density at radius 3 is 2.24 bits per heavy atom. The summed E-state index contributed by atoms with van der Waals surface area (Å²) in [5.41, 5.74) is 3.73. The van der Waals surface area contributed by atoms with E-state index in [9.17, 15) is 14.4 Å². The molecule has 1 saturated carbocycles. The van der Waals surface area contributed by atoms with Crippen molar-refractivity contribution >= 4 is 23.4 Å². The van der Waals surface area contributed by atoms with Crippen LogP contribution < -0.4 is 16.0 Å². The van der Waals surface area contributed by atoms with Gasteiger partial charge in [0, 0.05) is 25.1 Å². The predicted octanol–water partition coefficient (Wildman–Crippen LogP) is 3.23. The lowest BCUT2D eigenvalue weighted by Gasteiger charge is -2.18. The molecule has 1 fully saturated rings. The van der Waals surface area contributed by atoms with E-state index >= 15 is 0 Å². The molecule has 3 rings (SSSR count). The quantitative estimate of drug-likeness (QED) is 0.643. The molecule has 0 radical (unpaired) electrons. The Balaban J connectivity index is 1.52. The number of hydrogen-bond donors (Lipinski definition) is 3. The number of aryl methyl sites for hydroxylation is 1. The van der Waals surface area contributed by atoms with E-state index in [4.69, 9.17) is 0 Å². The first-order valence-corrected chi connectivity index (χ1v) is 9.91. The zero-order valence-corrected chi connectivity index (χ0v) is 16.8. The van der Waals surface area contributed by atoms with Gasteiger partial charge in [-0.2, -0.15) is 0 Å². The van der Waals surface area contributed by atoms with E-state index in [1.54, 1.807) is 0 Å². The molecular formula is C23H27N3O3. The van der Waals surface area contributed by atoms with Crippen molar-refractivity contribution in [3.8, 4) is 0 Å². The summed E-state index contributed by atoms with van der Waals surface area (Å²) < 4.78 is 0. The van der Waals surface area contributed by atoms with Crippen LogP contribution in [0.25, 0.3) is 0 Å². The second kappa shape index (κ2) is 9.37. The van der Waals surface area contributed by atoms with Crippen molar-refractivity contribution < 1.29 is 14.4 Å². The van der Waals surface area contributed by atoms with Gasteiger partial charge >= 0.3 is 0 Å². The second-order valence-corrected chi connectivity index (χ2v) is 7.61. The number of rotatable bonds is 8. The van der Waals surface area contributed by atoms with Crippen molar-refractivity contribution in [3.05, 3.63) is 65.2 Å². The maximum absolute atomic E-state index is 12.4. The fourth-order valence-electron chi connectivity index (χ4n) is 3.05. The van der Waals surface area contributed by atoms with E-state index in [1.165, 1.54) is 6.92 Å². The lowest BCUT2D eigenvalue weighted by molar-refractivity contribution is -0.123. The predicted molar refractivity (Wildman–Crippen MR) is 112 cm³/mol. The highest BCUT2D eigenvalue weighted by molar-refractivity contribution is 5.94. The number of amides is 3. The minimum Gasteiger partial charge on any atom is -0.352 e. The Morgan fingerprint density at radius 2 is 1.66 bits per heavy atom. The third-order valence-corrected chi connectivity index (χ3v) is 4.91. The van der Waals surface area contributed by atoms with Crippen LogP contribution in [0.1, 0.15) is 48.9 Å². The molecule has 0 heterocycles. The Hall–Kier alpha value is -3.15. The third-order valence-electron chi connectivity index (χ3n) is 4.91. The average molecular weight is 393 g/mol. The molecule has 152 valence electrons. The molecule has 3 N–H and O–H groups in total. The summed E-state index contributed by atoms with van der Waals surface area (Å²) in [6.45, 7) is 3.82. The zero-order valence-electron chi connectivity index (χ0n) is 16.8. The summed E-state index contributed by atoms with van der Waals surface area (Å²) in [5, 5.41) is 8.64. The first-order chi connectivity index (χ1) is 13.9. The first-order valence-electron chi connectivity index (χ1n) is 9.91. The fraction of sp³-hybridized carbons (Fsp3) is 0.348. The van der Waals surface area contributed by atoms with Crippen LogP contribution in [0.2, 0.25) is 0 Å². The minimum absolute atomic E-state index is 0.0752. The molecule has 6 nitrogen and oxygen atoms in total. The Bertz CT molecular complexity index is 871. The summed E-state index contributed by atoms with van der Waals surface area (Å²) in [7, 11) is 0. The lowest BCUT2D eigenvalue weighted by Crippen LogP contribution is -2.32. The van der Waals surface area contributed by atoms with Gasteiger partial charge in [-0.05, 0) is 43.0 Å². The van der Waals surface area contributed by atoms with Crippen molar-refractivity contribution in [2.45, 2.75) is 45.7 Å². The topological polar surface area (TPSA) is 87.3 Å². The van der Waals surface area contributed by atoms with Gasteiger partial charge in [-0.25, -0.2) is 0 Å². The normalized spacial score (nSPS) is 14.0. The number of anilines is 1.